The Morgan fingerprint density at radius 1 is 1.54 bits per heavy atom. The van der Waals surface area contributed by atoms with Crippen LogP contribution in [0.25, 0.3) is 0 Å². The van der Waals surface area contributed by atoms with Gasteiger partial charge in [-0.1, -0.05) is 0 Å². The van der Waals surface area contributed by atoms with Gasteiger partial charge in [0.05, 0.1) is 6.42 Å². The number of carboxylic acids is 1. The predicted molar refractivity (Wildman–Crippen MR) is 38.3 cm³/mol. The van der Waals surface area contributed by atoms with E-state index in [0.29, 0.717) is 0 Å². The van der Waals surface area contributed by atoms with Crippen molar-refractivity contribution < 1.29 is 27.8 Å². The maximum absolute atomic E-state index is 11.8. The average Bonchev–Trinajstić information content (AvgIpc) is 1.81. The zero-order chi connectivity index (χ0) is 10.5. The number of rotatable bonds is 5. The van der Waals surface area contributed by atoms with Crippen LogP contribution in [-0.4, -0.2) is 31.0 Å². The monoisotopic (exact) mass is 200 g/mol. The average molecular weight is 200 g/mol. The fraction of sp³-hybridized carbons (Fsp3) is 0.857. The third kappa shape index (κ3) is 7.58. The molecule has 0 radical (unpaired) electrons. The van der Waals surface area contributed by atoms with Gasteiger partial charge >= 0.3 is 12.1 Å². The Bertz CT molecular complexity index is 167. The molecule has 1 atom stereocenters. The van der Waals surface area contributed by atoms with Crippen LogP contribution in [0.3, 0.4) is 0 Å². The van der Waals surface area contributed by atoms with E-state index >= 15 is 0 Å². The Morgan fingerprint density at radius 3 is 2.38 bits per heavy atom. The first-order valence-electron chi connectivity index (χ1n) is 3.62. The Morgan fingerprint density at radius 2 is 2.08 bits per heavy atom. The Balaban J connectivity index is 4.01. The molecule has 0 fully saturated rings. The topological polar surface area (TPSA) is 46.5 Å². The lowest BCUT2D eigenvalue weighted by Gasteiger charge is -2.15. The zero-order valence-corrected chi connectivity index (χ0v) is 7.10. The summed E-state index contributed by atoms with van der Waals surface area (Å²) in [5, 5.41) is 8.28. The minimum atomic E-state index is -4.33. The van der Waals surface area contributed by atoms with Gasteiger partial charge in [0.25, 0.3) is 0 Å². The molecule has 0 aromatic carbocycles. The predicted octanol–water partition coefficient (Wildman–Crippen LogP) is 1.68. The summed E-state index contributed by atoms with van der Waals surface area (Å²) in [6, 6.07) is 0. The molecule has 0 heterocycles. The van der Waals surface area contributed by atoms with Crippen LogP contribution in [-0.2, 0) is 9.53 Å². The minimum Gasteiger partial charge on any atom is -0.481 e. The molecule has 0 aliphatic heterocycles. The largest absolute Gasteiger partial charge is 0.481 e. The summed E-state index contributed by atoms with van der Waals surface area (Å²) in [7, 11) is 1.24. The number of aliphatic carboxylic acids is 1. The molecule has 0 rings (SSSR count). The minimum absolute atomic E-state index is 0.189. The highest BCUT2D eigenvalue weighted by Crippen LogP contribution is 2.26. The third-order valence-electron chi connectivity index (χ3n) is 1.39. The number of carbonyl (C=O) groups is 1. The maximum atomic E-state index is 11.8. The van der Waals surface area contributed by atoms with Crippen molar-refractivity contribution in [1.82, 2.24) is 0 Å². The molecule has 3 nitrogen and oxygen atoms in total. The number of alkyl halides is 3. The van der Waals surface area contributed by atoms with Crippen LogP contribution in [0.2, 0.25) is 0 Å². The van der Waals surface area contributed by atoms with Crippen molar-refractivity contribution in [3.05, 3.63) is 0 Å². The molecule has 13 heavy (non-hydrogen) atoms. The molecule has 0 saturated heterocycles. The summed E-state index contributed by atoms with van der Waals surface area (Å²) in [6.45, 7) is -0.189. The van der Waals surface area contributed by atoms with Crippen molar-refractivity contribution in [1.29, 1.82) is 0 Å². The van der Waals surface area contributed by atoms with E-state index < -0.39 is 30.9 Å². The Labute approximate surface area is 73.5 Å². The number of ether oxygens (including phenoxy) is 1. The SMILES string of the molecule is COCC(CC(=O)O)CC(F)(F)F. The fourth-order valence-electron chi connectivity index (χ4n) is 1.000. The van der Waals surface area contributed by atoms with Crippen molar-refractivity contribution in [2.45, 2.75) is 19.0 Å². The summed E-state index contributed by atoms with van der Waals surface area (Å²) in [4.78, 5) is 10.1. The molecule has 0 bridgehead atoms. The van der Waals surface area contributed by atoms with Gasteiger partial charge in [-0.15, -0.1) is 0 Å². The van der Waals surface area contributed by atoms with Gasteiger partial charge in [0, 0.05) is 26.1 Å². The number of hydrogen-bond donors (Lipinski definition) is 1. The van der Waals surface area contributed by atoms with Crippen molar-refractivity contribution >= 4 is 5.97 Å². The smallest absolute Gasteiger partial charge is 0.389 e. The molecule has 0 aliphatic rings. The maximum Gasteiger partial charge on any atom is 0.389 e. The van der Waals surface area contributed by atoms with Crippen LogP contribution >= 0.6 is 0 Å². The third-order valence-corrected chi connectivity index (χ3v) is 1.39. The molecule has 6 heteroatoms. The molecular formula is C7H11F3O3. The normalized spacial score (nSPS) is 14.2. The standard InChI is InChI=1S/C7H11F3O3/c1-13-4-5(2-6(11)12)3-7(8,9)10/h5H,2-4H2,1H3,(H,11,12). The van der Waals surface area contributed by atoms with Gasteiger partial charge in [0.1, 0.15) is 0 Å². The van der Waals surface area contributed by atoms with Crippen LogP contribution < -0.4 is 0 Å². The number of carboxylic acid groups (broad SMARTS) is 1. The fourth-order valence-corrected chi connectivity index (χ4v) is 1.000. The van der Waals surface area contributed by atoms with Crippen molar-refractivity contribution in [2.75, 3.05) is 13.7 Å². The first-order chi connectivity index (χ1) is 5.85. The first-order valence-corrected chi connectivity index (χ1v) is 3.62. The van der Waals surface area contributed by atoms with Gasteiger partial charge < -0.3 is 9.84 Å². The summed E-state index contributed by atoms with van der Waals surface area (Å²) < 4.78 is 40.0. The number of methoxy groups -OCH3 is 1. The first kappa shape index (κ1) is 12.2. The molecule has 0 aromatic heterocycles. The zero-order valence-electron chi connectivity index (χ0n) is 7.10. The lowest BCUT2D eigenvalue weighted by Crippen LogP contribution is -2.21. The van der Waals surface area contributed by atoms with Crippen LogP contribution in [0.5, 0.6) is 0 Å². The van der Waals surface area contributed by atoms with Gasteiger partial charge in [-0.2, -0.15) is 13.2 Å². The second-order valence-corrected chi connectivity index (χ2v) is 2.74. The number of halogens is 3. The lowest BCUT2D eigenvalue weighted by molar-refractivity contribution is -0.154. The second kappa shape index (κ2) is 5.06. The van der Waals surface area contributed by atoms with Crippen LogP contribution in [0.4, 0.5) is 13.2 Å². The van der Waals surface area contributed by atoms with Crippen molar-refractivity contribution in [3.8, 4) is 0 Å². The highest BCUT2D eigenvalue weighted by atomic mass is 19.4. The molecular weight excluding hydrogens is 189 g/mol. The summed E-state index contributed by atoms with van der Waals surface area (Å²) in [6.07, 6.45) is -5.97. The van der Waals surface area contributed by atoms with E-state index in [4.69, 9.17) is 5.11 Å². The number of hydrogen-bond acceptors (Lipinski definition) is 2. The second-order valence-electron chi connectivity index (χ2n) is 2.74. The highest BCUT2D eigenvalue weighted by molar-refractivity contribution is 5.67. The summed E-state index contributed by atoms with van der Waals surface area (Å²) in [5.74, 6) is -2.24. The van der Waals surface area contributed by atoms with Crippen molar-refractivity contribution in [3.63, 3.8) is 0 Å². The molecule has 78 valence electrons. The van der Waals surface area contributed by atoms with E-state index in [-0.39, 0.29) is 6.61 Å². The summed E-state index contributed by atoms with van der Waals surface area (Å²) in [5.41, 5.74) is 0. The quantitative estimate of drug-likeness (QED) is 0.734. The van der Waals surface area contributed by atoms with Crippen LogP contribution in [0, 0.1) is 5.92 Å². The molecule has 0 aromatic rings. The van der Waals surface area contributed by atoms with E-state index in [2.05, 4.69) is 4.74 Å². The molecule has 0 aliphatic carbocycles. The van der Waals surface area contributed by atoms with Gasteiger partial charge in [0.2, 0.25) is 0 Å². The van der Waals surface area contributed by atoms with E-state index in [0.717, 1.165) is 0 Å². The highest BCUT2D eigenvalue weighted by Gasteiger charge is 2.32. The molecule has 0 amide bonds. The van der Waals surface area contributed by atoms with Gasteiger partial charge in [-0.05, 0) is 0 Å². The Hall–Kier alpha value is -0.780. The van der Waals surface area contributed by atoms with Gasteiger partial charge in [-0.25, -0.2) is 0 Å². The van der Waals surface area contributed by atoms with Crippen molar-refractivity contribution in [2.24, 2.45) is 5.92 Å². The molecule has 0 spiro atoms. The Kier molecular flexibility index (Phi) is 4.76. The summed E-state index contributed by atoms with van der Waals surface area (Å²) >= 11 is 0. The van der Waals surface area contributed by atoms with Crippen LogP contribution in [0.15, 0.2) is 0 Å². The lowest BCUT2D eigenvalue weighted by atomic mass is 10.0. The van der Waals surface area contributed by atoms with E-state index in [1.54, 1.807) is 0 Å². The van der Waals surface area contributed by atoms with E-state index in [9.17, 15) is 18.0 Å². The van der Waals surface area contributed by atoms with Crippen LogP contribution in [0.1, 0.15) is 12.8 Å². The van der Waals surface area contributed by atoms with Gasteiger partial charge in [-0.3, -0.25) is 4.79 Å². The van der Waals surface area contributed by atoms with E-state index in [1.807, 2.05) is 0 Å². The molecule has 1 N–H and O–H groups in total. The van der Waals surface area contributed by atoms with E-state index in [1.165, 1.54) is 7.11 Å². The molecule has 0 saturated carbocycles. The molecule has 1 unspecified atom stereocenters. The van der Waals surface area contributed by atoms with Gasteiger partial charge in [0.15, 0.2) is 0 Å².